The minimum Gasteiger partial charge on any atom is -0.480 e. The number of amides is 1. The number of benzene rings is 1. The van der Waals surface area contributed by atoms with Crippen LogP contribution >= 0.6 is 22.9 Å². The summed E-state index contributed by atoms with van der Waals surface area (Å²) in [7, 11) is 0. The number of halogens is 1. The van der Waals surface area contributed by atoms with Crippen molar-refractivity contribution in [3.8, 4) is 10.6 Å². The van der Waals surface area contributed by atoms with E-state index < -0.39 is 11.5 Å². The molecule has 0 bridgehead atoms. The Kier molecular flexibility index (Phi) is 5.63. The Hall–Kier alpha value is -1.92. The molecule has 1 saturated carbocycles. The summed E-state index contributed by atoms with van der Waals surface area (Å²) >= 11 is 7.45. The summed E-state index contributed by atoms with van der Waals surface area (Å²) in [5, 5.41) is 15.6. The lowest BCUT2D eigenvalue weighted by Gasteiger charge is -2.36. The fraction of sp³-hybridized carbons (Fsp3) is 0.421. The van der Waals surface area contributed by atoms with Crippen LogP contribution in [0.1, 0.15) is 38.3 Å². The van der Waals surface area contributed by atoms with E-state index in [1.165, 1.54) is 11.3 Å². The van der Waals surface area contributed by atoms with Crippen molar-refractivity contribution in [2.45, 2.75) is 44.6 Å². The molecule has 138 valence electrons. The molecule has 2 N–H and O–H groups in total. The highest BCUT2D eigenvalue weighted by Crippen LogP contribution is 2.32. The van der Waals surface area contributed by atoms with Crippen LogP contribution in [0.4, 0.5) is 0 Å². The smallest absolute Gasteiger partial charge is 0.329 e. The van der Waals surface area contributed by atoms with E-state index in [9.17, 15) is 14.7 Å². The number of carbonyl (C=O) groups is 2. The largest absolute Gasteiger partial charge is 0.480 e. The topological polar surface area (TPSA) is 79.3 Å². The van der Waals surface area contributed by atoms with Gasteiger partial charge in [-0.15, -0.1) is 11.3 Å². The summed E-state index contributed by atoms with van der Waals surface area (Å²) < 4.78 is 0. The number of nitrogens with one attached hydrogen (secondary N) is 1. The molecule has 0 radical (unpaired) electrons. The molecule has 5 nitrogen and oxygen atoms in total. The molecule has 26 heavy (non-hydrogen) atoms. The molecule has 1 aromatic heterocycles. The number of hydrogen-bond donors (Lipinski definition) is 2. The van der Waals surface area contributed by atoms with Gasteiger partial charge in [-0.25, -0.2) is 9.78 Å². The van der Waals surface area contributed by atoms with E-state index in [2.05, 4.69) is 17.2 Å². The molecule has 1 heterocycles. The van der Waals surface area contributed by atoms with E-state index in [4.69, 9.17) is 11.6 Å². The van der Waals surface area contributed by atoms with Gasteiger partial charge in [0.1, 0.15) is 10.5 Å². The van der Waals surface area contributed by atoms with Gasteiger partial charge in [-0.3, -0.25) is 4.79 Å². The summed E-state index contributed by atoms with van der Waals surface area (Å²) in [5.41, 5.74) is 0.389. The average Bonchev–Trinajstić information content (AvgIpc) is 3.05. The van der Waals surface area contributed by atoms with Crippen LogP contribution in [0.25, 0.3) is 10.6 Å². The van der Waals surface area contributed by atoms with E-state index in [-0.39, 0.29) is 12.3 Å². The molecule has 1 aliphatic rings. The van der Waals surface area contributed by atoms with Crippen LogP contribution in [0, 0.1) is 5.92 Å². The first-order chi connectivity index (χ1) is 12.4. The van der Waals surface area contributed by atoms with E-state index in [0.29, 0.717) is 29.5 Å². The van der Waals surface area contributed by atoms with Gasteiger partial charge in [-0.1, -0.05) is 30.7 Å². The number of rotatable bonds is 5. The average molecular weight is 393 g/mol. The minimum atomic E-state index is -1.14. The lowest BCUT2D eigenvalue weighted by Crippen LogP contribution is -2.56. The van der Waals surface area contributed by atoms with E-state index in [1.54, 1.807) is 6.07 Å². The third kappa shape index (κ3) is 4.24. The predicted molar refractivity (Wildman–Crippen MR) is 102 cm³/mol. The molecule has 0 spiro atoms. The Bertz CT molecular complexity index is 813. The number of carboxylic acid groups (broad SMARTS) is 1. The highest BCUT2D eigenvalue weighted by molar-refractivity contribution is 7.13. The fourth-order valence-corrected chi connectivity index (χ4v) is 4.27. The van der Waals surface area contributed by atoms with Crippen LogP contribution in [0.5, 0.6) is 0 Å². The van der Waals surface area contributed by atoms with Gasteiger partial charge in [0.15, 0.2) is 0 Å². The van der Waals surface area contributed by atoms with Crippen LogP contribution < -0.4 is 5.32 Å². The summed E-state index contributed by atoms with van der Waals surface area (Å²) in [6.07, 6.45) is 2.63. The van der Waals surface area contributed by atoms with Crippen molar-refractivity contribution in [1.82, 2.24) is 10.3 Å². The van der Waals surface area contributed by atoms with E-state index >= 15 is 0 Å². The monoisotopic (exact) mass is 392 g/mol. The first-order valence-electron chi connectivity index (χ1n) is 8.63. The van der Waals surface area contributed by atoms with Gasteiger partial charge >= 0.3 is 5.97 Å². The predicted octanol–water partition coefficient (Wildman–Crippen LogP) is 4.16. The second-order valence-corrected chi connectivity index (χ2v) is 8.24. The van der Waals surface area contributed by atoms with Gasteiger partial charge in [0.2, 0.25) is 5.91 Å². The fourth-order valence-electron chi connectivity index (χ4n) is 3.27. The molecule has 0 atom stereocenters. The molecular formula is C19H21ClN2O3S. The molecular weight excluding hydrogens is 372 g/mol. The van der Waals surface area contributed by atoms with E-state index in [0.717, 1.165) is 23.4 Å². The zero-order chi connectivity index (χ0) is 18.7. The minimum absolute atomic E-state index is 0.0711. The van der Waals surface area contributed by atoms with Gasteiger partial charge in [0.25, 0.3) is 0 Å². The van der Waals surface area contributed by atoms with Crippen molar-refractivity contribution >= 4 is 34.8 Å². The summed E-state index contributed by atoms with van der Waals surface area (Å²) in [6.45, 7) is 2.11. The molecule has 3 rings (SSSR count). The van der Waals surface area contributed by atoms with Crippen LogP contribution in [0.15, 0.2) is 29.6 Å². The van der Waals surface area contributed by atoms with Gasteiger partial charge in [0, 0.05) is 16.0 Å². The standard InChI is InChI=1S/C19H21ClN2O3S/c1-12-5-7-19(8-6-12,18(24)25)22-16(23)10-15-11-26-17(21-15)13-3-2-4-14(20)9-13/h2-4,9,11-12H,5-8,10H2,1H3,(H,22,23)(H,24,25). The van der Waals surface area contributed by atoms with Crippen LogP contribution in [0.2, 0.25) is 5.02 Å². The zero-order valence-electron chi connectivity index (χ0n) is 14.5. The summed E-state index contributed by atoms with van der Waals surface area (Å²) in [6, 6.07) is 7.39. The van der Waals surface area contributed by atoms with Crippen LogP contribution in [0.3, 0.4) is 0 Å². The van der Waals surface area contributed by atoms with Gasteiger partial charge in [-0.2, -0.15) is 0 Å². The normalized spacial score (nSPS) is 22.8. The first-order valence-corrected chi connectivity index (χ1v) is 9.88. The molecule has 7 heteroatoms. The quantitative estimate of drug-likeness (QED) is 0.800. The number of aromatic nitrogens is 1. The second kappa shape index (κ2) is 7.76. The Morgan fingerprint density at radius 1 is 1.38 bits per heavy atom. The maximum Gasteiger partial charge on any atom is 0.329 e. The van der Waals surface area contributed by atoms with Crippen molar-refractivity contribution in [2.24, 2.45) is 5.92 Å². The maximum atomic E-state index is 12.4. The molecule has 1 amide bonds. The molecule has 1 aromatic carbocycles. The SMILES string of the molecule is CC1CCC(NC(=O)Cc2csc(-c3cccc(Cl)c3)n2)(C(=O)O)CC1. The number of carbonyl (C=O) groups excluding carboxylic acids is 1. The molecule has 1 aliphatic carbocycles. The van der Waals surface area contributed by atoms with Gasteiger partial charge in [-0.05, 0) is 43.7 Å². The third-order valence-corrected chi connectivity index (χ3v) is 6.06. The summed E-state index contributed by atoms with van der Waals surface area (Å²) in [4.78, 5) is 28.7. The van der Waals surface area contributed by atoms with Crippen molar-refractivity contribution < 1.29 is 14.7 Å². The lowest BCUT2D eigenvalue weighted by molar-refractivity contribution is -0.149. The number of hydrogen-bond acceptors (Lipinski definition) is 4. The second-order valence-electron chi connectivity index (χ2n) is 6.95. The Morgan fingerprint density at radius 2 is 2.12 bits per heavy atom. The summed E-state index contributed by atoms with van der Waals surface area (Å²) in [5.74, 6) is -0.751. The number of carboxylic acids is 1. The number of aliphatic carboxylic acids is 1. The van der Waals surface area contributed by atoms with Crippen molar-refractivity contribution in [3.05, 3.63) is 40.4 Å². The van der Waals surface area contributed by atoms with Crippen molar-refractivity contribution in [1.29, 1.82) is 0 Å². The Morgan fingerprint density at radius 3 is 2.77 bits per heavy atom. The van der Waals surface area contributed by atoms with Crippen LogP contribution in [-0.2, 0) is 16.0 Å². The molecule has 0 saturated heterocycles. The number of nitrogens with zero attached hydrogens (tertiary/aromatic N) is 1. The third-order valence-electron chi connectivity index (χ3n) is 4.88. The maximum absolute atomic E-state index is 12.4. The Balaban J connectivity index is 1.67. The van der Waals surface area contributed by atoms with Crippen LogP contribution in [-0.4, -0.2) is 27.5 Å². The van der Waals surface area contributed by atoms with E-state index in [1.807, 2.05) is 23.6 Å². The molecule has 1 fully saturated rings. The molecule has 0 unspecified atom stereocenters. The first kappa shape index (κ1) is 18.9. The number of thiazole rings is 1. The van der Waals surface area contributed by atoms with Gasteiger partial charge in [0.05, 0.1) is 12.1 Å². The van der Waals surface area contributed by atoms with Crippen molar-refractivity contribution in [3.63, 3.8) is 0 Å². The highest BCUT2D eigenvalue weighted by Gasteiger charge is 2.42. The van der Waals surface area contributed by atoms with Crippen molar-refractivity contribution in [2.75, 3.05) is 0 Å². The highest BCUT2D eigenvalue weighted by atomic mass is 35.5. The zero-order valence-corrected chi connectivity index (χ0v) is 16.1. The molecule has 0 aliphatic heterocycles. The van der Waals surface area contributed by atoms with Gasteiger partial charge < -0.3 is 10.4 Å². The Labute approximate surface area is 161 Å². The lowest BCUT2D eigenvalue weighted by atomic mass is 9.77. The molecule has 2 aromatic rings.